The molecule has 2 aliphatic heterocycles. The Morgan fingerprint density at radius 3 is 2.35 bits per heavy atom. The summed E-state index contributed by atoms with van der Waals surface area (Å²) < 4.78 is 32.3. The zero-order chi connectivity index (χ0) is 24.1. The van der Waals surface area contributed by atoms with Gasteiger partial charge in [0, 0.05) is 57.7 Å². The summed E-state index contributed by atoms with van der Waals surface area (Å²) in [7, 11) is -3.55. The first kappa shape index (κ1) is 24.6. The predicted octanol–water partition coefficient (Wildman–Crippen LogP) is 1.59. The maximum Gasteiger partial charge on any atom is 0.244 e. The molecule has 184 valence electrons. The van der Waals surface area contributed by atoms with Crippen LogP contribution in [0.2, 0.25) is 0 Å². The molecule has 0 saturated carbocycles. The SMILES string of the molecule is CCN(C(=O)CN1CCN(c2ccc(S(=O)(=O)N3CCOCC3)cn2)CC1)c1ccccc1C. The molecule has 0 radical (unpaired) electrons. The monoisotopic (exact) mass is 487 g/mol. The Morgan fingerprint density at radius 2 is 1.74 bits per heavy atom. The number of anilines is 2. The lowest BCUT2D eigenvalue weighted by molar-refractivity contribution is -0.119. The zero-order valence-corrected chi connectivity index (χ0v) is 20.7. The summed E-state index contributed by atoms with van der Waals surface area (Å²) >= 11 is 0. The minimum atomic E-state index is -3.55. The molecule has 1 amide bonds. The van der Waals surface area contributed by atoms with E-state index in [1.165, 1.54) is 10.5 Å². The van der Waals surface area contributed by atoms with Gasteiger partial charge in [0.25, 0.3) is 0 Å². The van der Waals surface area contributed by atoms with Crippen LogP contribution in [0.4, 0.5) is 11.5 Å². The van der Waals surface area contributed by atoms with E-state index < -0.39 is 10.0 Å². The van der Waals surface area contributed by atoms with Gasteiger partial charge < -0.3 is 14.5 Å². The van der Waals surface area contributed by atoms with Crippen LogP contribution in [0, 0.1) is 6.92 Å². The molecule has 1 aromatic heterocycles. The van der Waals surface area contributed by atoms with E-state index in [1.54, 1.807) is 12.1 Å². The van der Waals surface area contributed by atoms with E-state index in [1.807, 2.05) is 43.0 Å². The van der Waals surface area contributed by atoms with Crippen LogP contribution in [0.25, 0.3) is 0 Å². The second kappa shape index (κ2) is 10.8. The number of carbonyl (C=O) groups excluding carboxylic acids is 1. The summed E-state index contributed by atoms with van der Waals surface area (Å²) in [6.07, 6.45) is 1.44. The molecule has 0 unspecified atom stereocenters. The van der Waals surface area contributed by atoms with Gasteiger partial charge in [-0.25, -0.2) is 13.4 Å². The van der Waals surface area contributed by atoms with Crippen molar-refractivity contribution in [3.8, 4) is 0 Å². The molecular formula is C24H33N5O4S. The average Bonchev–Trinajstić information content (AvgIpc) is 2.87. The number of hydrogen-bond donors (Lipinski definition) is 0. The van der Waals surface area contributed by atoms with Gasteiger partial charge in [-0.2, -0.15) is 4.31 Å². The van der Waals surface area contributed by atoms with E-state index in [2.05, 4.69) is 14.8 Å². The van der Waals surface area contributed by atoms with Crippen molar-refractivity contribution in [3.05, 3.63) is 48.2 Å². The van der Waals surface area contributed by atoms with Gasteiger partial charge in [0.2, 0.25) is 15.9 Å². The third-order valence-electron chi connectivity index (χ3n) is 6.41. The fourth-order valence-electron chi connectivity index (χ4n) is 4.41. The summed E-state index contributed by atoms with van der Waals surface area (Å²) in [6.45, 7) is 9.53. The number of para-hydroxylation sites is 1. The third kappa shape index (κ3) is 5.41. The highest BCUT2D eigenvalue weighted by Crippen LogP contribution is 2.22. The number of benzene rings is 1. The van der Waals surface area contributed by atoms with Gasteiger partial charge in [-0.15, -0.1) is 0 Å². The summed E-state index contributed by atoms with van der Waals surface area (Å²) in [5, 5.41) is 0. The molecule has 2 fully saturated rings. The van der Waals surface area contributed by atoms with E-state index in [9.17, 15) is 13.2 Å². The molecule has 3 heterocycles. The number of pyridine rings is 1. The Hall–Kier alpha value is -2.53. The number of morpholine rings is 1. The van der Waals surface area contributed by atoms with Crippen LogP contribution >= 0.6 is 0 Å². The van der Waals surface area contributed by atoms with Gasteiger partial charge in [0.15, 0.2) is 0 Å². The molecule has 10 heteroatoms. The minimum Gasteiger partial charge on any atom is -0.379 e. The highest BCUT2D eigenvalue weighted by Gasteiger charge is 2.27. The Labute approximate surface area is 202 Å². The van der Waals surface area contributed by atoms with Gasteiger partial charge in [-0.1, -0.05) is 18.2 Å². The van der Waals surface area contributed by atoms with Crippen molar-refractivity contribution in [1.82, 2.24) is 14.2 Å². The Kier molecular flexibility index (Phi) is 7.82. The number of carbonyl (C=O) groups is 1. The van der Waals surface area contributed by atoms with Gasteiger partial charge in [0.05, 0.1) is 19.8 Å². The van der Waals surface area contributed by atoms with E-state index in [4.69, 9.17) is 4.74 Å². The van der Waals surface area contributed by atoms with Crippen molar-refractivity contribution < 1.29 is 17.9 Å². The standard InChI is InChI=1S/C24H33N5O4S/c1-3-29(22-7-5-4-6-20(22)2)24(30)19-26-10-12-27(13-11-26)23-9-8-21(18-25-23)34(31,32)28-14-16-33-17-15-28/h4-9,18H,3,10-17,19H2,1-2H3. The Balaban J connectivity index is 1.33. The number of piperazine rings is 1. The molecule has 2 aliphatic rings. The van der Waals surface area contributed by atoms with Crippen LogP contribution < -0.4 is 9.80 Å². The van der Waals surface area contributed by atoms with Crippen molar-refractivity contribution >= 4 is 27.4 Å². The molecule has 34 heavy (non-hydrogen) atoms. The number of likely N-dealkylation sites (N-methyl/N-ethyl adjacent to an activating group) is 1. The average molecular weight is 488 g/mol. The van der Waals surface area contributed by atoms with Crippen LogP contribution in [0.15, 0.2) is 47.5 Å². The van der Waals surface area contributed by atoms with E-state index in [0.29, 0.717) is 39.4 Å². The van der Waals surface area contributed by atoms with Crippen molar-refractivity contribution in [1.29, 1.82) is 0 Å². The van der Waals surface area contributed by atoms with Gasteiger partial charge in [-0.05, 0) is 37.6 Å². The number of hydrogen-bond acceptors (Lipinski definition) is 7. The van der Waals surface area contributed by atoms with Crippen LogP contribution in [0.1, 0.15) is 12.5 Å². The van der Waals surface area contributed by atoms with Crippen LogP contribution in [0.3, 0.4) is 0 Å². The molecule has 0 N–H and O–H groups in total. The van der Waals surface area contributed by atoms with Crippen molar-refractivity contribution in [2.45, 2.75) is 18.7 Å². The fraction of sp³-hybridized carbons (Fsp3) is 0.500. The molecule has 2 aromatic rings. The lowest BCUT2D eigenvalue weighted by atomic mass is 10.1. The number of aryl methyl sites for hydroxylation is 1. The number of amides is 1. The molecule has 0 spiro atoms. The molecule has 0 aliphatic carbocycles. The molecule has 2 saturated heterocycles. The summed E-state index contributed by atoms with van der Waals surface area (Å²) in [6, 6.07) is 11.4. The first-order valence-electron chi connectivity index (χ1n) is 11.8. The lowest BCUT2D eigenvalue weighted by Crippen LogP contribution is -2.50. The van der Waals surface area contributed by atoms with Gasteiger partial charge in [0.1, 0.15) is 10.7 Å². The maximum absolute atomic E-state index is 13.0. The van der Waals surface area contributed by atoms with Crippen molar-refractivity contribution in [3.63, 3.8) is 0 Å². The molecule has 4 rings (SSSR count). The zero-order valence-electron chi connectivity index (χ0n) is 19.9. The smallest absolute Gasteiger partial charge is 0.244 e. The number of nitrogens with zero attached hydrogens (tertiary/aromatic N) is 5. The number of ether oxygens (including phenoxy) is 1. The summed E-state index contributed by atoms with van der Waals surface area (Å²) in [5.74, 6) is 0.850. The summed E-state index contributed by atoms with van der Waals surface area (Å²) in [4.78, 5) is 23.8. The number of rotatable bonds is 7. The maximum atomic E-state index is 13.0. The second-order valence-corrected chi connectivity index (χ2v) is 10.5. The molecule has 1 aromatic carbocycles. The number of sulfonamides is 1. The molecule has 0 atom stereocenters. The highest BCUT2D eigenvalue weighted by atomic mass is 32.2. The van der Waals surface area contributed by atoms with Gasteiger partial charge >= 0.3 is 0 Å². The molecule has 0 bridgehead atoms. The van der Waals surface area contributed by atoms with E-state index in [0.717, 1.165) is 43.2 Å². The van der Waals surface area contributed by atoms with Crippen LogP contribution in [-0.4, -0.2) is 94.1 Å². The quantitative estimate of drug-likeness (QED) is 0.586. The second-order valence-electron chi connectivity index (χ2n) is 8.56. The third-order valence-corrected chi connectivity index (χ3v) is 8.29. The Morgan fingerprint density at radius 1 is 1.03 bits per heavy atom. The fourth-order valence-corrected chi connectivity index (χ4v) is 5.76. The van der Waals surface area contributed by atoms with E-state index >= 15 is 0 Å². The molecule has 9 nitrogen and oxygen atoms in total. The lowest BCUT2D eigenvalue weighted by Gasteiger charge is -2.36. The Bertz CT molecular complexity index is 1080. The van der Waals surface area contributed by atoms with Crippen LogP contribution in [-0.2, 0) is 19.6 Å². The van der Waals surface area contributed by atoms with E-state index in [-0.39, 0.29) is 10.8 Å². The largest absolute Gasteiger partial charge is 0.379 e. The van der Waals surface area contributed by atoms with Gasteiger partial charge in [-0.3, -0.25) is 9.69 Å². The first-order valence-corrected chi connectivity index (χ1v) is 13.2. The summed E-state index contributed by atoms with van der Waals surface area (Å²) in [5.41, 5.74) is 2.05. The predicted molar refractivity (Wildman–Crippen MR) is 132 cm³/mol. The normalized spacial score (nSPS) is 18.1. The van der Waals surface area contributed by atoms with Crippen molar-refractivity contribution in [2.24, 2.45) is 0 Å². The number of aromatic nitrogens is 1. The highest BCUT2D eigenvalue weighted by molar-refractivity contribution is 7.89. The molecular weight excluding hydrogens is 454 g/mol. The topological polar surface area (TPSA) is 86.3 Å². The van der Waals surface area contributed by atoms with Crippen LogP contribution in [0.5, 0.6) is 0 Å². The first-order chi connectivity index (χ1) is 16.4. The minimum absolute atomic E-state index is 0.0982. The van der Waals surface area contributed by atoms with Crippen molar-refractivity contribution in [2.75, 3.05) is 75.4 Å².